The molecule has 0 spiro atoms. The van der Waals surface area contributed by atoms with Crippen LogP contribution in [0.3, 0.4) is 0 Å². The summed E-state index contributed by atoms with van der Waals surface area (Å²) in [5.74, 6) is -1.56. The number of hydrogen-bond acceptors (Lipinski definition) is 4. The van der Waals surface area contributed by atoms with Gasteiger partial charge in [-0.25, -0.2) is 17.9 Å². The fraction of sp³-hybridized carbons (Fsp3) is 0.333. The van der Waals surface area contributed by atoms with Crippen molar-refractivity contribution in [2.75, 3.05) is 13.1 Å². The standard InChI is InChI=1S/C12H16N2O5S/c1-2-7-13-11(15)8-14-20(18,19)10-5-3-9(4-6-10)12(16)17/h3-6,14H,2,7-8H2,1H3,(H,13,15)(H,16,17). The number of hydrogen-bond donors (Lipinski definition) is 3. The summed E-state index contributed by atoms with van der Waals surface area (Å²) in [7, 11) is -3.83. The third-order valence-electron chi connectivity index (χ3n) is 2.41. The van der Waals surface area contributed by atoms with Gasteiger partial charge in [-0.05, 0) is 30.7 Å². The molecule has 0 bridgehead atoms. The average Bonchev–Trinajstić information content (AvgIpc) is 2.43. The maximum Gasteiger partial charge on any atom is 0.335 e. The molecule has 0 saturated heterocycles. The Kier molecular flexibility index (Phi) is 5.66. The number of carboxylic acids is 1. The zero-order valence-electron chi connectivity index (χ0n) is 10.9. The third-order valence-corrected chi connectivity index (χ3v) is 3.82. The quantitative estimate of drug-likeness (QED) is 0.665. The van der Waals surface area contributed by atoms with Crippen LogP contribution in [-0.4, -0.2) is 38.5 Å². The topological polar surface area (TPSA) is 113 Å². The first kappa shape index (κ1) is 16.1. The van der Waals surface area contributed by atoms with Gasteiger partial charge in [-0.15, -0.1) is 0 Å². The first-order valence-corrected chi connectivity index (χ1v) is 7.45. The molecule has 0 fully saturated rings. The Morgan fingerprint density at radius 1 is 1.20 bits per heavy atom. The highest BCUT2D eigenvalue weighted by Crippen LogP contribution is 2.10. The summed E-state index contributed by atoms with van der Waals surface area (Å²) < 4.78 is 25.9. The molecule has 110 valence electrons. The van der Waals surface area contributed by atoms with Crippen molar-refractivity contribution in [1.29, 1.82) is 0 Å². The van der Waals surface area contributed by atoms with Gasteiger partial charge in [0.05, 0.1) is 17.0 Å². The van der Waals surface area contributed by atoms with Gasteiger partial charge in [0.1, 0.15) is 0 Å². The molecular weight excluding hydrogens is 284 g/mol. The second-order valence-corrected chi connectivity index (χ2v) is 5.77. The Balaban J connectivity index is 2.69. The van der Waals surface area contributed by atoms with E-state index in [0.717, 1.165) is 6.42 Å². The lowest BCUT2D eigenvalue weighted by atomic mass is 10.2. The molecule has 20 heavy (non-hydrogen) atoms. The van der Waals surface area contributed by atoms with Crippen LogP contribution in [0.2, 0.25) is 0 Å². The molecule has 8 heteroatoms. The predicted octanol–water partition coefficient (Wildman–Crippen LogP) is 0.189. The molecule has 0 radical (unpaired) electrons. The van der Waals surface area contributed by atoms with Crippen LogP contribution in [0.15, 0.2) is 29.2 Å². The smallest absolute Gasteiger partial charge is 0.335 e. The number of carbonyl (C=O) groups excluding carboxylic acids is 1. The van der Waals surface area contributed by atoms with Crippen molar-refractivity contribution in [2.45, 2.75) is 18.2 Å². The minimum absolute atomic E-state index is 0.00959. The Bertz CT molecular complexity index is 580. The minimum atomic E-state index is -3.83. The molecule has 1 aromatic carbocycles. The lowest BCUT2D eigenvalue weighted by molar-refractivity contribution is -0.119. The Hall–Kier alpha value is -1.93. The van der Waals surface area contributed by atoms with Gasteiger partial charge in [0, 0.05) is 6.54 Å². The molecule has 3 N–H and O–H groups in total. The molecule has 0 unspecified atom stereocenters. The fourth-order valence-corrected chi connectivity index (χ4v) is 2.33. The van der Waals surface area contributed by atoms with Gasteiger partial charge in [0.2, 0.25) is 15.9 Å². The van der Waals surface area contributed by atoms with E-state index in [2.05, 4.69) is 10.0 Å². The van der Waals surface area contributed by atoms with Crippen LogP contribution in [0.1, 0.15) is 23.7 Å². The van der Waals surface area contributed by atoms with Crippen LogP contribution in [-0.2, 0) is 14.8 Å². The summed E-state index contributed by atoms with van der Waals surface area (Å²) in [6.07, 6.45) is 0.759. The van der Waals surface area contributed by atoms with Gasteiger partial charge in [-0.3, -0.25) is 4.79 Å². The Labute approximate surface area is 117 Å². The van der Waals surface area contributed by atoms with Crippen LogP contribution >= 0.6 is 0 Å². The molecule has 0 aliphatic carbocycles. The molecule has 1 aromatic rings. The predicted molar refractivity (Wildman–Crippen MR) is 71.9 cm³/mol. The molecule has 0 aliphatic rings. The number of carbonyl (C=O) groups is 2. The summed E-state index contributed by atoms with van der Waals surface area (Å²) >= 11 is 0. The van der Waals surface area contributed by atoms with Crippen LogP contribution in [0.4, 0.5) is 0 Å². The number of sulfonamides is 1. The first-order chi connectivity index (χ1) is 9.36. The summed E-state index contributed by atoms with van der Waals surface area (Å²) in [5.41, 5.74) is -0.00959. The zero-order valence-corrected chi connectivity index (χ0v) is 11.7. The third kappa shape index (κ3) is 4.63. The lowest BCUT2D eigenvalue weighted by Gasteiger charge is -2.07. The molecule has 0 saturated carbocycles. The van der Waals surface area contributed by atoms with Gasteiger partial charge in [-0.2, -0.15) is 0 Å². The van der Waals surface area contributed by atoms with E-state index >= 15 is 0 Å². The second-order valence-electron chi connectivity index (χ2n) is 4.00. The zero-order chi connectivity index (χ0) is 15.2. The molecule has 1 rings (SSSR count). The van der Waals surface area contributed by atoms with Crippen molar-refractivity contribution in [2.24, 2.45) is 0 Å². The molecular formula is C12H16N2O5S. The maximum absolute atomic E-state index is 11.9. The molecule has 0 heterocycles. The largest absolute Gasteiger partial charge is 0.478 e. The summed E-state index contributed by atoms with van der Waals surface area (Å²) in [5, 5.41) is 11.3. The van der Waals surface area contributed by atoms with Crippen molar-refractivity contribution < 1.29 is 23.1 Å². The highest BCUT2D eigenvalue weighted by atomic mass is 32.2. The van der Waals surface area contributed by atoms with Gasteiger partial charge in [0.15, 0.2) is 0 Å². The van der Waals surface area contributed by atoms with Gasteiger partial charge in [-0.1, -0.05) is 6.92 Å². The van der Waals surface area contributed by atoms with Crippen LogP contribution in [0.5, 0.6) is 0 Å². The summed E-state index contributed by atoms with van der Waals surface area (Å²) in [6, 6.07) is 4.73. The van der Waals surface area contributed by atoms with Crippen molar-refractivity contribution in [3.8, 4) is 0 Å². The fourth-order valence-electron chi connectivity index (χ4n) is 1.35. The van der Waals surface area contributed by atoms with E-state index in [1.54, 1.807) is 0 Å². The number of nitrogens with one attached hydrogen (secondary N) is 2. The monoisotopic (exact) mass is 300 g/mol. The Morgan fingerprint density at radius 2 is 1.80 bits per heavy atom. The number of aromatic carboxylic acids is 1. The second kappa shape index (κ2) is 7.01. The van der Waals surface area contributed by atoms with E-state index in [4.69, 9.17) is 5.11 Å². The van der Waals surface area contributed by atoms with Crippen LogP contribution in [0, 0.1) is 0 Å². The average molecular weight is 300 g/mol. The van der Waals surface area contributed by atoms with E-state index in [0.29, 0.717) is 6.54 Å². The van der Waals surface area contributed by atoms with E-state index in [1.807, 2.05) is 6.92 Å². The van der Waals surface area contributed by atoms with Crippen molar-refractivity contribution in [3.05, 3.63) is 29.8 Å². The van der Waals surface area contributed by atoms with Gasteiger partial charge in [0.25, 0.3) is 0 Å². The number of benzene rings is 1. The number of rotatable bonds is 7. The molecule has 7 nitrogen and oxygen atoms in total. The normalized spacial score (nSPS) is 11.1. The minimum Gasteiger partial charge on any atom is -0.478 e. The number of carboxylic acid groups (broad SMARTS) is 1. The summed E-state index contributed by atoms with van der Waals surface area (Å²) in [4.78, 5) is 21.9. The SMILES string of the molecule is CCCNC(=O)CNS(=O)(=O)c1ccc(C(=O)O)cc1. The van der Waals surface area contributed by atoms with Crippen molar-refractivity contribution in [3.63, 3.8) is 0 Å². The van der Waals surface area contributed by atoms with E-state index in [-0.39, 0.29) is 17.0 Å². The van der Waals surface area contributed by atoms with Crippen molar-refractivity contribution in [1.82, 2.24) is 10.0 Å². The van der Waals surface area contributed by atoms with Gasteiger partial charge >= 0.3 is 5.97 Å². The highest BCUT2D eigenvalue weighted by Gasteiger charge is 2.15. The van der Waals surface area contributed by atoms with E-state index < -0.39 is 21.9 Å². The molecule has 0 atom stereocenters. The molecule has 0 aromatic heterocycles. The highest BCUT2D eigenvalue weighted by molar-refractivity contribution is 7.89. The molecule has 1 amide bonds. The van der Waals surface area contributed by atoms with Crippen molar-refractivity contribution >= 4 is 21.9 Å². The van der Waals surface area contributed by atoms with E-state index in [9.17, 15) is 18.0 Å². The molecule has 0 aliphatic heterocycles. The van der Waals surface area contributed by atoms with Crippen LogP contribution < -0.4 is 10.0 Å². The summed E-state index contributed by atoms with van der Waals surface area (Å²) in [6.45, 7) is 2.01. The first-order valence-electron chi connectivity index (χ1n) is 5.96. The van der Waals surface area contributed by atoms with Crippen LogP contribution in [0.25, 0.3) is 0 Å². The van der Waals surface area contributed by atoms with Gasteiger partial charge < -0.3 is 10.4 Å². The lowest BCUT2D eigenvalue weighted by Crippen LogP contribution is -2.37. The number of amides is 1. The van der Waals surface area contributed by atoms with E-state index in [1.165, 1.54) is 24.3 Å². The Morgan fingerprint density at radius 3 is 2.30 bits per heavy atom. The maximum atomic E-state index is 11.9.